The number of hydrogen-bond donors (Lipinski definition) is 1. The molecule has 0 radical (unpaired) electrons. The number of anilines is 1. The molecule has 30 heavy (non-hydrogen) atoms. The van der Waals surface area contributed by atoms with Crippen LogP contribution in [0.25, 0.3) is 21.3 Å². The van der Waals surface area contributed by atoms with E-state index in [1.54, 1.807) is 6.92 Å². The molecule has 4 aromatic rings. The van der Waals surface area contributed by atoms with Gasteiger partial charge >= 0.3 is 0 Å². The van der Waals surface area contributed by atoms with E-state index in [2.05, 4.69) is 10.3 Å². The number of nitrogens with zero attached hydrogens (tertiary/aromatic N) is 2. The van der Waals surface area contributed by atoms with Gasteiger partial charge in [-0.15, -0.1) is 11.3 Å². The number of benzene rings is 2. The molecule has 152 valence electrons. The predicted octanol–water partition coefficient (Wildman–Crippen LogP) is 5.25. The minimum Gasteiger partial charge on any atom is -0.324 e. The Morgan fingerprint density at radius 2 is 1.77 bits per heavy atom. The van der Waals surface area contributed by atoms with Crippen LogP contribution in [-0.4, -0.2) is 15.5 Å². The van der Waals surface area contributed by atoms with E-state index in [1.165, 1.54) is 22.2 Å². The molecule has 1 atom stereocenters. The maximum Gasteiger partial charge on any atom is 0.263 e. The predicted molar refractivity (Wildman–Crippen MR) is 123 cm³/mol. The van der Waals surface area contributed by atoms with Crippen molar-refractivity contribution in [1.29, 1.82) is 0 Å². The summed E-state index contributed by atoms with van der Waals surface area (Å²) < 4.78 is 1.41. The molecule has 0 aliphatic rings. The van der Waals surface area contributed by atoms with E-state index in [0.29, 0.717) is 10.2 Å². The molecule has 0 spiro atoms. The van der Waals surface area contributed by atoms with E-state index < -0.39 is 6.04 Å². The Bertz CT molecular complexity index is 1300. The molecule has 5 nitrogen and oxygen atoms in total. The molecule has 0 bridgehead atoms. The normalized spacial score (nSPS) is 12.1. The number of hydrogen-bond acceptors (Lipinski definition) is 4. The van der Waals surface area contributed by atoms with Gasteiger partial charge in [-0.1, -0.05) is 47.5 Å². The highest BCUT2D eigenvalue weighted by molar-refractivity contribution is 7.17. The fraction of sp³-hybridized carbons (Fsp3) is 0.208. The second-order valence-electron chi connectivity index (χ2n) is 7.64. The smallest absolute Gasteiger partial charge is 0.263 e. The third-order valence-corrected chi connectivity index (χ3v) is 6.20. The molecule has 0 saturated carbocycles. The van der Waals surface area contributed by atoms with Crippen LogP contribution in [0.15, 0.2) is 59.0 Å². The zero-order valence-electron chi connectivity index (χ0n) is 17.4. The van der Waals surface area contributed by atoms with E-state index in [4.69, 9.17) is 0 Å². The number of rotatable bonds is 4. The third kappa shape index (κ3) is 3.66. The fourth-order valence-corrected chi connectivity index (χ4v) is 4.39. The zero-order chi connectivity index (χ0) is 21.4. The first-order valence-electron chi connectivity index (χ1n) is 9.78. The molecule has 2 aromatic carbocycles. The highest BCUT2D eigenvalue weighted by Crippen LogP contribution is 2.31. The summed E-state index contributed by atoms with van der Waals surface area (Å²) in [6.45, 7) is 7.70. The molecule has 0 aliphatic heterocycles. The summed E-state index contributed by atoms with van der Waals surface area (Å²) >= 11 is 1.44. The molecule has 0 fully saturated rings. The first-order chi connectivity index (χ1) is 14.3. The average molecular weight is 418 g/mol. The van der Waals surface area contributed by atoms with Gasteiger partial charge in [0, 0.05) is 16.6 Å². The van der Waals surface area contributed by atoms with Crippen molar-refractivity contribution in [2.45, 2.75) is 33.7 Å². The summed E-state index contributed by atoms with van der Waals surface area (Å²) in [6.07, 6.45) is 1.46. The Kier molecular flexibility index (Phi) is 5.26. The number of aryl methyl sites for hydroxylation is 3. The second kappa shape index (κ2) is 7.88. The van der Waals surface area contributed by atoms with Crippen molar-refractivity contribution in [2.75, 3.05) is 5.32 Å². The topological polar surface area (TPSA) is 64.0 Å². The van der Waals surface area contributed by atoms with Gasteiger partial charge in [0.15, 0.2) is 0 Å². The van der Waals surface area contributed by atoms with Gasteiger partial charge in [-0.3, -0.25) is 14.2 Å². The molecule has 0 aliphatic carbocycles. The van der Waals surface area contributed by atoms with Crippen LogP contribution in [0.5, 0.6) is 0 Å². The van der Waals surface area contributed by atoms with Gasteiger partial charge in [0.2, 0.25) is 5.91 Å². The third-order valence-electron chi connectivity index (χ3n) is 5.32. The largest absolute Gasteiger partial charge is 0.324 e. The number of carbonyl (C=O) groups excluding carboxylic acids is 1. The average Bonchev–Trinajstić information content (AvgIpc) is 3.15. The second-order valence-corrected chi connectivity index (χ2v) is 8.49. The Hall–Kier alpha value is -3.25. The first-order valence-corrected chi connectivity index (χ1v) is 10.7. The zero-order valence-corrected chi connectivity index (χ0v) is 18.2. The van der Waals surface area contributed by atoms with Crippen LogP contribution >= 0.6 is 11.3 Å². The number of aromatic nitrogens is 2. The summed E-state index contributed by atoms with van der Waals surface area (Å²) in [5, 5.41) is 5.44. The Balaban J connectivity index is 1.71. The summed E-state index contributed by atoms with van der Waals surface area (Å²) in [5.74, 6) is -0.252. The van der Waals surface area contributed by atoms with Gasteiger partial charge in [0.1, 0.15) is 10.9 Å². The molecular formula is C24H23N3O2S. The molecule has 6 heteroatoms. The van der Waals surface area contributed by atoms with E-state index in [0.717, 1.165) is 33.5 Å². The lowest BCUT2D eigenvalue weighted by atomic mass is 10.0. The number of amides is 1. The molecule has 1 N–H and O–H groups in total. The Morgan fingerprint density at radius 3 is 2.47 bits per heavy atom. The lowest BCUT2D eigenvalue weighted by molar-refractivity contribution is -0.118. The van der Waals surface area contributed by atoms with Crippen molar-refractivity contribution in [2.24, 2.45) is 0 Å². The Labute approximate surface area is 179 Å². The van der Waals surface area contributed by atoms with Gasteiger partial charge in [0.05, 0.1) is 11.7 Å². The molecule has 1 unspecified atom stereocenters. The summed E-state index contributed by atoms with van der Waals surface area (Å²) in [5.41, 5.74) is 5.63. The number of nitrogens with one attached hydrogen (secondary N) is 1. The van der Waals surface area contributed by atoms with E-state index in [9.17, 15) is 9.59 Å². The fourth-order valence-electron chi connectivity index (χ4n) is 3.48. The van der Waals surface area contributed by atoms with Crippen LogP contribution < -0.4 is 10.9 Å². The standard InChI is InChI=1S/C24H23N3O2S/c1-14-5-8-18(9-6-14)19-12-30-23-21(19)24(29)27(13-25-23)17(4)22(28)26-20-10-7-15(2)11-16(20)3/h5-13,17H,1-4H3,(H,26,28). The van der Waals surface area contributed by atoms with Crippen molar-refractivity contribution >= 4 is 33.1 Å². The van der Waals surface area contributed by atoms with Crippen LogP contribution in [0.2, 0.25) is 0 Å². The Morgan fingerprint density at radius 1 is 1.07 bits per heavy atom. The van der Waals surface area contributed by atoms with Gasteiger partial charge in [-0.05, 0) is 44.9 Å². The van der Waals surface area contributed by atoms with Gasteiger partial charge in [-0.2, -0.15) is 0 Å². The molecule has 4 rings (SSSR count). The van der Waals surface area contributed by atoms with Crippen molar-refractivity contribution in [3.63, 3.8) is 0 Å². The van der Waals surface area contributed by atoms with Gasteiger partial charge < -0.3 is 5.32 Å². The van der Waals surface area contributed by atoms with Gasteiger partial charge in [0.25, 0.3) is 5.56 Å². The van der Waals surface area contributed by atoms with Crippen molar-refractivity contribution in [1.82, 2.24) is 9.55 Å². The van der Waals surface area contributed by atoms with Crippen molar-refractivity contribution in [3.8, 4) is 11.1 Å². The number of fused-ring (bicyclic) bond motifs is 1. The molecule has 2 heterocycles. The van der Waals surface area contributed by atoms with E-state index in [-0.39, 0.29) is 11.5 Å². The molecular weight excluding hydrogens is 394 g/mol. The highest BCUT2D eigenvalue weighted by Gasteiger charge is 2.20. The van der Waals surface area contributed by atoms with Gasteiger partial charge in [-0.25, -0.2) is 4.98 Å². The highest BCUT2D eigenvalue weighted by atomic mass is 32.1. The molecule has 1 amide bonds. The summed E-state index contributed by atoms with van der Waals surface area (Å²) in [6, 6.07) is 13.2. The van der Waals surface area contributed by atoms with E-state index >= 15 is 0 Å². The maximum atomic E-state index is 13.3. The summed E-state index contributed by atoms with van der Waals surface area (Å²) in [4.78, 5) is 31.3. The first kappa shape index (κ1) is 20.0. The van der Waals surface area contributed by atoms with Crippen LogP contribution in [-0.2, 0) is 4.79 Å². The quantitative estimate of drug-likeness (QED) is 0.493. The van der Waals surface area contributed by atoms with Crippen molar-refractivity contribution in [3.05, 3.63) is 81.2 Å². The summed E-state index contributed by atoms with van der Waals surface area (Å²) in [7, 11) is 0. The van der Waals surface area contributed by atoms with Crippen LogP contribution in [0.1, 0.15) is 29.7 Å². The minimum absolute atomic E-state index is 0.208. The number of carbonyl (C=O) groups is 1. The number of thiophene rings is 1. The molecule has 2 aromatic heterocycles. The van der Waals surface area contributed by atoms with E-state index in [1.807, 2.05) is 68.6 Å². The monoisotopic (exact) mass is 417 g/mol. The van der Waals surface area contributed by atoms with Crippen LogP contribution in [0.4, 0.5) is 5.69 Å². The maximum absolute atomic E-state index is 13.3. The SMILES string of the molecule is Cc1ccc(-c2csc3ncn(C(C)C(=O)Nc4ccc(C)cc4C)c(=O)c23)cc1. The van der Waals surface area contributed by atoms with Crippen LogP contribution in [0, 0.1) is 20.8 Å². The minimum atomic E-state index is -0.694. The van der Waals surface area contributed by atoms with Crippen molar-refractivity contribution < 1.29 is 4.79 Å². The molecule has 0 saturated heterocycles. The lowest BCUT2D eigenvalue weighted by Gasteiger charge is -2.16. The van der Waals surface area contributed by atoms with Crippen LogP contribution in [0.3, 0.4) is 0 Å². The lowest BCUT2D eigenvalue weighted by Crippen LogP contribution is -2.31.